The van der Waals surface area contributed by atoms with Gasteiger partial charge in [0.05, 0.1) is 17.6 Å². The minimum atomic E-state index is -0.905. The molecule has 0 saturated heterocycles. The van der Waals surface area contributed by atoms with Crippen LogP contribution in [0, 0.1) is 16.0 Å². The first-order valence-electron chi connectivity index (χ1n) is 11.3. The quantitative estimate of drug-likeness (QED) is 0.239. The number of rotatable bonds is 10. The molecule has 2 atom stereocenters. The van der Waals surface area contributed by atoms with Crippen LogP contribution in [-0.2, 0) is 25.5 Å². The first-order valence-corrected chi connectivity index (χ1v) is 11.3. The van der Waals surface area contributed by atoms with Crippen molar-refractivity contribution in [2.75, 3.05) is 26.8 Å². The molecule has 9 heteroatoms. The van der Waals surface area contributed by atoms with Gasteiger partial charge in [0.1, 0.15) is 12.5 Å². The zero-order chi connectivity index (χ0) is 25.4. The molecule has 0 spiro atoms. The van der Waals surface area contributed by atoms with Crippen LogP contribution in [0.3, 0.4) is 0 Å². The maximum absolute atomic E-state index is 13.2. The largest absolute Gasteiger partial charge is 0.468 e. The van der Waals surface area contributed by atoms with E-state index < -0.39 is 28.7 Å². The molecule has 0 saturated carbocycles. The van der Waals surface area contributed by atoms with Crippen LogP contribution in [0.5, 0.6) is 0 Å². The van der Waals surface area contributed by atoms with Crippen molar-refractivity contribution in [2.24, 2.45) is 10.9 Å². The van der Waals surface area contributed by atoms with E-state index in [0.29, 0.717) is 23.5 Å². The van der Waals surface area contributed by atoms with E-state index in [2.05, 4.69) is 10.3 Å². The molecule has 2 aromatic carbocycles. The fourth-order valence-electron chi connectivity index (χ4n) is 4.22. The van der Waals surface area contributed by atoms with E-state index in [1.165, 1.54) is 30.9 Å². The number of allylic oxidation sites excluding steroid dienone is 1. The Morgan fingerprint density at radius 1 is 1.09 bits per heavy atom. The Labute approximate surface area is 204 Å². The predicted molar refractivity (Wildman–Crippen MR) is 131 cm³/mol. The molecule has 2 aromatic rings. The van der Waals surface area contributed by atoms with Gasteiger partial charge in [-0.3, -0.25) is 19.9 Å². The van der Waals surface area contributed by atoms with Gasteiger partial charge in [-0.05, 0) is 37.9 Å². The second-order valence-corrected chi connectivity index (χ2v) is 8.20. The number of benzene rings is 2. The summed E-state index contributed by atoms with van der Waals surface area (Å²) in [5, 5.41) is 14.6. The van der Waals surface area contributed by atoms with Gasteiger partial charge < -0.3 is 14.8 Å². The van der Waals surface area contributed by atoms with E-state index in [1.807, 2.05) is 30.3 Å². The number of non-ortho nitro benzene ring substituents is 1. The number of hydrogen-bond donors (Lipinski definition) is 1. The van der Waals surface area contributed by atoms with Crippen molar-refractivity contribution < 1.29 is 24.0 Å². The Balaban J connectivity index is 1.75. The Kier molecular flexibility index (Phi) is 8.86. The van der Waals surface area contributed by atoms with Crippen LogP contribution in [0.15, 0.2) is 70.9 Å². The molecule has 0 fully saturated rings. The van der Waals surface area contributed by atoms with Gasteiger partial charge in [0, 0.05) is 36.0 Å². The summed E-state index contributed by atoms with van der Waals surface area (Å²) in [6.07, 6.45) is 0.850. The fraction of sp³-hybridized carbons (Fsp3) is 0.346. The average molecular weight is 480 g/mol. The smallest absolute Gasteiger partial charge is 0.336 e. The van der Waals surface area contributed by atoms with Crippen LogP contribution in [0.4, 0.5) is 5.69 Å². The summed E-state index contributed by atoms with van der Waals surface area (Å²) in [5.74, 6) is -2.92. The minimum Gasteiger partial charge on any atom is -0.468 e. The topological polar surface area (TPSA) is 120 Å². The van der Waals surface area contributed by atoms with Gasteiger partial charge in [-0.25, -0.2) is 4.79 Å². The van der Waals surface area contributed by atoms with Gasteiger partial charge in [0.15, 0.2) is 0 Å². The lowest BCUT2D eigenvalue weighted by atomic mass is 9.75. The molecule has 0 amide bonds. The highest BCUT2D eigenvalue weighted by molar-refractivity contribution is 6.07. The van der Waals surface area contributed by atoms with Gasteiger partial charge >= 0.3 is 11.9 Å². The maximum Gasteiger partial charge on any atom is 0.336 e. The van der Waals surface area contributed by atoms with E-state index in [-0.39, 0.29) is 17.9 Å². The van der Waals surface area contributed by atoms with E-state index in [0.717, 1.165) is 13.0 Å². The lowest BCUT2D eigenvalue weighted by Crippen LogP contribution is -2.36. The van der Waals surface area contributed by atoms with Gasteiger partial charge in [0.2, 0.25) is 0 Å². The third kappa shape index (κ3) is 6.39. The van der Waals surface area contributed by atoms with E-state index >= 15 is 0 Å². The van der Waals surface area contributed by atoms with Crippen LogP contribution >= 0.6 is 0 Å². The zero-order valence-electron chi connectivity index (χ0n) is 20.0. The van der Waals surface area contributed by atoms with Crippen molar-refractivity contribution in [1.82, 2.24) is 5.32 Å². The molecule has 1 aliphatic rings. The van der Waals surface area contributed by atoms with Crippen LogP contribution in [0.2, 0.25) is 0 Å². The maximum atomic E-state index is 13.2. The van der Waals surface area contributed by atoms with Gasteiger partial charge in [-0.15, -0.1) is 0 Å². The highest BCUT2D eigenvalue weighted by atomic mass is 16.6. The Bertz CT molecular complexity index is 1140. The number of carbonyl (C=O) groups is 2. The normalized spacial score (nSPS) is 17.5. The fourth-order valence-corrected chi connectivity index (χ4v) is 4.22. The number of nitro benzene ring substituents is 1. The van der Waals surface area contributed by atoms with Crippen molar-refractivity contribution >= 4 is 23.3 Å². The Hall–Kier alpha value is -3.85. The third-order valence-electron chi connectivity index (χ3n) is 5.89. The van der Waals surface area contributed by atoms with Crippen LogP contribution in [0.25, 0.3) is 0 Å². The molecule has 9 nitrogen and oxygen atoms in total. The number of aliphatic imine (C=N–C) groups is 1. The summed E-state index contributed by atoms with van der Waals surface area (Å²) < 4.78 is 10.5. The molecule has 0 aliphatic carbocycles. The average Bonchev–Trinajstić information content (AvgIpc) is 2.85. The van der Waals surface area contributed by atoms with Crippen molar-refractivity contribution in [3.63, 3.8) is 0 Å². The number of nitro groups is 1. The molecule has 1 aliphatic heterocycles. The first-order chi connectivity index (χ1) is 16.8. The number of esters is 2. The monoisotopic (exact) mass is 479 g/mol. The number of nitrogens with zero attached hydrogens (tertiary/aromatic N) is 2. The molecular formula is C26H29N3O6. The van der Waals surface area contributed by atoms with Crippen LogP contribution in [0.1, 0.15) is 30.9 Å². The first kappa shape index (κ1) is 25.8. The highest BCUT2D eigenvalue weighted by Crippen LogP contribution is 2.40. The SMILES string of the molecule is COC(=O)C1C(C)=NC(C)=C(C(=O)OCCNCCc2ccccc2)C1c1cccc([N+](=O)[O-])c1. The van der Waals surface area contributed by atoms with Gasteiger partial charge in [-0.1, -0.05) is 42.5 Å². The molecule has 1 heterocycles. The second-order valence-electron chi connectivity index (χ2n) is 8.20. The third-order valence-corrected chi connectivity index (χ3v) is 5.89. The van der Waals surface area contributed by atoms with Crippen molar-refractivity contribution in [3.8, 4) is 0 Å². The summed E-state index contributed by atoms with van der Waals surface area (Å²) in [7, 11) is 1.25. The summed E-state index contributed by atoms with van der Waals surface area (Å²) in [5.41, 5.74) is 2.57. The summed E-state index contributed by atoms with van der Waals surface area (Å²) in [4.78, 5) is 41.1. The molecule has 0 bridgehead atoms. The molecule has 0 radical (unpaired) electrons. The minimum absolute atomic E-state index is 0.123. The number of ether oxygens (including phenoxy) is 2. The van der Waals surface area contributed by atoms with E-state index in [4.69, 9.17) is 9.47 Å². The molecule has 1 N–H and O–H groups in total. The Morgan fingerprint density at radius 2 is 1.83 bits per heavy atom. The number of methoxy groups -OCH3 is 1. The molecule has 0 aromatic heterocycles. The lowest BCUT2D eigenvalue weighted by molar-refractivity contribution is -0.384. The number of hydrogen-bond acceptors (Lipinski definition) is 8. The van der Waals surface area contributed by atoms with Gasteiger partial charge in [-0.2, -0.15) is 0 Å². The molecule has 3 rings (SSSR count). The predicted octanol–water partition coefficient (Wildman–Crippen LogP) is 3.59. The Morgan fingerprint density at radius 3 is 2.51 bits per heavy atom. The zero-order valence-corrected chi connectivity index (χ0v) is 20.0. The van der Waals surface area contributed by atoms with E-state index in [9.17, 15) is 19.7 Å². The van der Waals surface area contributed by atoms with E-state index in [1.54, 1.807) is 19.9 Å². The van der Waals surface area contributed by atoms with Crippen molar-refractivity contribution in [1.29, 1.82) is 0 Å². The van der Waals surface area contributed by atoms with Gasteiger partial charge in [0.25, 0.3) is 5.69 Å². The second kappa shape index (κ2) is 12.0. The standard InChI is InChI=1S/C26H29N3O6/c1-17-22(25(30)34-3)24(20-10-7-11-21(16-20)29(32)33)23(18(2)28-17)26(31)35-15-14-27-13-12-19-8-5-4-6-9-19/h4-11,16,22,24,27H,12-15H2,1-3H3. The van der Waals surface area contributed by atoms with Crippen LogP contribution in [-0.4, -0.2) is 49.4 Å². The molecular weight excluding hydrogens is 450 g/mol. The lowest BCUT2D eigenvalue weighted by Gasteiger charge is -2.31. The summed E-state index contributed by atoms with van der Waals surface area (Å²) in [6.45, 7) is 4.64. The van der Waals surface area contributed by atoms with Crippen molar-refractivity contribution in [2.45, 2.75) is 26.2 Å². The number of carbonyl (C=O) groups excluding carboxylic acids is 2. The summed E-state index contributed by atoms with van der Waals surface area (Å²) in [6, 6.07) is 15.9. The molecule has 35 heavy (non-hydrogen) atoms. The number of nitrogens with one attached hydrogen (secondary N) is 1. The van der Waals surface area contributed by atoms with Crippen LogP contribution < -0.4 is 5.32 Å². The summed E-state index contributed by atoms with van der Waals surface area (Å²) >= 11 is 0. The van der Waals surface area contributed by atoms with Crippen molar-refractivity contribution in [3.05, 3.63) is 87.1 Å². The molecule has 184 valence electrons. The highest BCUT2D eigenvalue weighted by Gasteiger charge is 2.42. The molecule has 2 unspecified atom stereocenters.